The van der Waals surface area contributed by atoms with E-state index in [4.69, 9.17) is 5.73 Å². The number of benzene rings is 1. The quantitative estimate of drug-likeness (QED) is 0.744. The highest BCUT2D eigenvalue weighted by molar-refractivity contribution is 6.05. The maximum atomic E-state index is 13.3. The van der Waals surface area contributed by atoms with Crippen LogP contribution in [0.3, 0.4) is 0 Å². The minimum absolute atomic E-state index is 0.0925. The number of hydrogen-bond donors (Lipinski definition) is 2. The van der Waals surface area contributed by atoms with Crippen molar-refractivity contribution in [3.05, 3.63) is 34.9 Å². The number of nitrogens with zero attached hydrogens (tertiary/aromatic N) is 2. The van der Waals surface area contributed by atoms with Crippen molar-refractivity contribution in [1.82, 2.24) is 15.1 Å². The van der Waals surface area contributed by atoms with Crippen LogP contribution in [0.15, 0.2) is 18.2 Å². The molecule has 7 heteroatoms. The Morgan fingerprint density at radius 1 is 1.10 bits per heavy atom. The number of piperidine rings is 2. The number of rotatable bonds is 3. The number of nitrogens with two attached hydrogens (primary N) is 1. The number of carbonyl (C=O) groups is 3. The van der Waals surface area contributed by atoms with Crippen molar-refractivity contribution in [2.75, 3.05) is 13.1 Å². The summed E-state index contributed by atoms with van der Waals surface area (Å²) in [7, 11) is 0. The highest BCUT2D eigenvalue weighted by Gasteiger charge is 2.41. The first kappa shape index (κ1) is 18.8. The first-order chi connectivity index (χ1) is 14.0. The Morgan fingerprint density at radius 2 is 1.97 bits per heavy atom. The SMILES string of the molecule is N[C@@H]1CN(Cc2cccc3c2C(=O)N(C2CCC(=O)NC2=O)C3)C[C@H]2CCC[C@H]21. The van der Waals surface area contributed by atoms with Gasteiger partial charge in [-0.2, -0.15) is 0 Å². The largest absolute Gasteiger partial charge is 0.326 e. The Kier molecular flexibility index (Phi) is 4.67. The number of hydrogen-bond acceptors (Lipinski definition) is 5. The van der Waals surface area contributed by atoms with Gasteiger partial charge in [-0.3, -0.25) is 24.6 Å². The molecule has 1 aromatic carbocycles. The Hall–Kier alpha value is -2.25. The summed E-state index contributed by atoms with van der Waals surface area (Å²) < 4.78 is 0. The van der Waals surface area contributed by atoms with Crippen LogP contribution in [0.5, 0.6) is 0 Å². The minimum atomic E-state index is -0.567. The fourth-order valence-corrected chi connectivity index (χ4v) is 5.89. The molecule has 3 amide bonds. The molecule has 0 spiro atoms. The molecular weight excluding hydrogens is 368 g/mol. The van der Waals surface area contributed by atoms with Crippen LogP contribution in [0, 0.1) is 11.8 Å². The van der Waals surface area contributed by atoms with E-state index in [0.717, 1.165) is 36.3 Å². The molecule has 5 rings (SSSR count). The van der Waals surface area contributed by atoms with E-state index in [9.17, 15) is 14.4 Å². The van der Waals surface area contributed by atoms with E-state index in [1.54, 1.807) is 4.90 Å². The Morgan fingerprint density at radius 3 is 2.79 bits per heavy atom. The Bertz CT molecular complexity index is 870. The maximum absolute atomic E-state index is 13.3. The van der Waals surface area contributed by atoms with Gasteiger partial charge in [-0.25, -0.2) is 0 Å². The second-order valence-corrected chi connectivity index (χ2v) is 9.06. The third-order valence-electron chi connectivity index (χ3n) is 7.26. The van der Waals surface area contributed by atoms with Crippen molar-refractivity contribution < 1.29 is 14.4 Å². The standard InChI is InChI=1S/C22H28N4O3/c23-17-12-25(9-13-3-2-6-16(13)17)10-14-4-1-5-15-11-26(22(29)20(14)15)18-7-8-19(27)24-21(18)28/h1,4-5,13,16-18H,2-3,6-12,23H2,(H,24,27,28)/t13-,16-,17-,18?/m1/s1. The van der Waals surface area contributed by atoms with Gasteiger partial charge in [0.15, 0.2) is 0 Å². The second kappa shape index (κ2) is 7.22. The summed E-state index contributed by atoms with van der Waals surface area (Å²) in [6.45, 7) is 3.07. The molecule has 0 bridgehead atoms. The smallest absolute Gasteiger partial charge is 0.255 e. The Labute approximate surface area is 170 Å². The predicted molar refractivity (Wildman–Crippen MR) is 107 cm³/mol. The summed E-state index contributed by atoms with van der Waals surface area (Å²) in [4.78, 5) is 41.0. The molecule has 1 unspecified atom stereocenters. The van der Waals surface area contributed by atoms with Crippen molar-refractivity contribution >= 4 is 17.7 Å². The van der Waals surface area contributed by atoms with Crippen LogP contribution in [-0.4, -0.2) is 52.7 Å². The van der Waals surface area contributed by atoms with Crippen molar-refractivity contribution in [3.8, 4) is 0 Å². The number of likely N-dealkylation sites (tertiary alicyclic amines) is 1. The summed E-state index contributed by atoms with van der Waals surface area (Å²) in [6.07, 6.45) is 4.45. The molecule has 4 aliphatic rings. The molecule has 3 heterocycles. The zero-order chi connectivity index (χ0) is 20.1. The first-order valence-corrected chi connectivity index (χ1v) is 10.7. The molecule has 4 atom stereocenters. The van der Waals surface area contributed by atoms with Gasteiger partial charge in [0.2, 0.25) is 11.8 Å². The van der Waals surface area contributed by atoms with Crippen LogP contribution in [0.25, 0.3) is 0 Å². The zero-order valence-electron chi connectivity index (χ0n) is 16.6. The molecule has 29 heavy (non-hydrogen) atoms. The molecule has 154 valence electrons. The lowest BCUT2D eigenvalue weighted by Gasteiger charge is -2.39. The topological polar surface area (TPSA) is 95.7 Å². The lowest BCUT2D eigenvalue weighted by Crippen LogP contribution is -2.52. The zero-order valence-corrected chi connectivity index (χ0v) is 16.6. The van der Waals surface area contributed by atoms with Gasteiger partial charge >= 0.3 is 0 Å². The third-order valence-corrected chi connectivity index (χ3v) is 7.26. The summed E-state index contributed by atoms with van der Waals surface area (Å²) in [5, 5.41) is 2.37. The summed E-state index contributed by atoms with van der Waals surface area (Å²) in [6, 6.07) is 5.64. The molecule has 7 nitrogen and oxygen atoms in total. The molecule has 3 N–H and O–H groups in total. The highest BCUT2D eigenvalue weighted by Crippen LogP contribution is 2.38. The van der Waals surface area contributed by atoms with E-state index in [1.807, 2.05) is 18.2 Å². The molecule has 3 fully saturated rings. The number of nitrogens with one attached hydrogen (secondary N) is 1. The van der Waals surface area contributed by atoms with Crippen molar-refractivity contribution in [3.63, 3.8) is 0 Å². The number of carbonyl (C=O) groups excluding carboxylic acids is 3. The van der Waals surface area contributed by atoms with Crippen molar-refractivity contribution in [2.24, 2.45) is 17.6 Å². The van der Waals surface area contributed by atoms with E-state index in [2.05, 4.69) is 10.2 Å². The van der Waals surface area contributed by atoms with E-state index < -0.39 is 6.04 Å². The minimum Gasteiger partial charge on any atom is -0.326 e. The molecule has 2 saturated heterocycles. The van der Waals surface area contributed by atoms with Crippen molar-refractivity contribution in [1.29, 1.82) is 0 Å². The van der Waals surface area contributed by atoms with Gasteiger partial charge in [0.05, 0.1) is 0 Å². The van der Waals surface area contributed by atoms with Crippen LogP contribution in [0.1, 0.15) is 53.6 Å². The fourth-order valence-electron chi connectivity index (χ4n) is 5.89. The fraction of sp³-hybridized carbons (Fsp3) is 0.591. The summed E-state index contributed by atoms with van der Waals surface area (Å²) in [5.41, 5.74) is 9.19. The third kappa shape index (κ3) is 3.26. The second-order valence-electron chi connectivity index (χ2n) is 9.06. The first-order valence-electron chi connectivity index (χ1n) is 10.7. The molecule has 3 aliphatic heterocycles. The average molecular weight is 396 g/mol. The lowest BCUT2D eigenvalue weighted by molar-refractivity contribution is -0.136. The summed E-state index contributed by atoms with van der Waals surface area (Å²) in [5.74, 6) is 0.606. The van der Waals surface area contributed by atoms with Gasteiger partial charge in [-0.05, 0) is 42.2 Å². The van der Waals surface area contributed by atoms with Gasteiger partial charge in [0.25, 0.3) is 5.91 Å². The Balaban J connectivity index is 1.35. The summed E-state index contributed by atoms with van der Waals surface area (Å²) >= 11 is 0. The lowest BCUT2D eigenvalue weighted by atomic mass is 9.85. The van der Waals surface area contributed by atoms with Crippen LogP contribution in [0.4, 0.5) is 0 Å². The van der Waals surface area contributed by atoms with Gasteiger partial charge in [0, 0.05) is 44.2 Å². The molecule has 1 aliphatic carbocycles. The molecule has 0 radical (unpaired) electrons. The van der Waals surface area contributed by atoms with Gasteiger partial charge < -0.3 is 10.6 Å². The molecule has 1 aromatic rings. The molecule has 0 aromatic heterocycles. The van der Waals surface area contributed by atoms with Gasteiger partial charge in [-0.1, -0.05) is 24.6 Å². The van der Waals surface area contributed by atoms with Gasteiger partial charge in [-0.15, -0.1) is 0 Å². The monoisotopic (exact) mass is 396 g/mol. The van der Waals surface area contributed by atoms with Crippen LogP contribution >= 0.6 is 0 Å². The number of amides is 3. The highest BCUT2D eigenvalue weighted by atomic mass is 16.2. The molecule has 1 saturated carbocycles. The van der Waals surface area contributed by atoms with E-state index in [-0.39, 0.29) is 30.2 Å². The molecular formula is C22H28N4O3. The maximum Gasteiger partial charge on any atom is 0.255 e. The predicted octanol–water partition coefficient (Wildman–Crippen LogP) is 1.01. The van der Waals surface area contributed by atoms with Crippen molar-refractivity contribution in [2.45, 2.75) is 57.3 Å². The van der Waals surface area contributed by atoms with E-state index in [0.29, 0.717) is 24.8 Å². The number of imide groups is 1. The number of fused-ring (bicyclic) bond motifs is 2. The van der Waals surface area contributed by atoms with Crippen LogP contribution < -0.4 is 11.1 Å². The van der Waals surface area contributed by atoms with E-state index >= 15 is 0 Å². The van der Waals surface area contributed by atoms with Gasteiger partial charge in [0.1, 0.15) is 6.04 Å². The average Bonchev–Trinajstić information content (AvgIpc) is 3.28. The van der Waals surface area contributed by atoms with Crippen LogP contribution in [0.2, 0.25) is 0 Å². The van der Waals surface area contributed by atoms with Crippen LogP contribution in [-0.2, 0) is 22.7 Å². The van der Waals surface area contributed by atoms with E-state index in [1.165, 1.54) is 19.3 Å². The normalized spacial score (nSPS) is 32.3.